The first-order valence-corrected chi connectivity index (χ1v) is 6.13. The van der Waals surface area contributed by atoms with Gasteiger partial charge in [-0.25, -0.2) is 0 Å². The summed E-state index contributed by atoms with van der Waals surface area (Å²) in [7, 11) is 0. The molecule has 0 aliphatic heterocycles. The molecule has 4 aliphatic rings. The summed E-state index contributed by atoms with van der Waals surface area (Å²) in [6, 6.07) is 0. The predicted molar refractivity (Wildman–Crippen MR) is 57.2 cm³/mol. The molecule has 0 aromatic heterocycles. The molecule has 0 aromatic rings. The van der Waals surface area contributed by atoms with Crippen molar-refractivity contribution in [1.82, 2.24) is 0 Å². The van der Waals surface area contributed by atoms with E-state index in [1.807, 2.05) is 0 Å². The largest absolute Gasteiger partial charge is 0.466 e. The lowest BCUT2D eigenvalue weighted by atomic mass is 9.64. The number of rotatable bonds is 3. The summed E-state index contributed by atoms with van der Waals surface area (Å²) in [6.07, 6.45) is 3.82. The highest BCUT2D eigenvalue weighted by atomic mass is 16.5. The van der Waals surface area contributed by atoms with E-state index < -0.39 is 0 Å². The van der Waals surface area contributed by atoms with Crippen LogP contribution in [0.1, 0.15) is 40.0 Å². The van der Waals surface area contributed by atoms with E-state index in [0.29, 0.717) is 17.4 Å². The van der Waals surface area contributed by atoms with Crippen LogP contribution in [0.3, 0.4) is 0 Å². The maximum Gasteiger partial charge on any atom is 0.302 e. The zero-order chi connectivity index (χ0) is 10.8. The molecule has 4 fully saturated rings. The van der Waals surface area contributed by atoms with Gasteiger partial charge in [-0.1, -0.05) is 13.8 Å². The molecule has 0 heterocycles. The van der Waals surface area contributed by atoms with Crippen molar-refractivity contribution in [2.24, 2.45) is 28.6 Å². The Bertz CT molecular complexity index is 324. The molecule has 2 bridgehead atoms. The third-order valence-corrected chi connectivity index (χ3v) is 5.52. The summed E-state index contributed by atoms with van der Waals surface area (Å²) < 4.78 is 5.08. The maximum absolute atomic E-state index is 10.7. The topological polar surface area (TPSA) is 26.3 Å². The van der Waals surface area contributed by atoms with Crippen LogP contribution in [0, 0.1) is 28.6 Å². The molecule has 4 rings (SSSR count). The zero-order valence-electron chi connectivity index (χ0n) is 9.88. The number of ether oxygens (including phenoxy) is 1. The highest BCUT2D eigenvalue weighted by Gasteiger charge is 2.87. The van der Waals surface area contributed by atoms with Crippen molar-refractivity contribution in [2.45, 2.75) is 40.0 Å². The minimum atomic E-state index is -0.139. The molecule has 0 radical (unpaired) electrons. The fourth-order valence-electron chi connectivity index (χ4n) is 4.60. The number of fused-ring (bicyclic) bond motifs is 2. The molecule has 0 N–H and O–H groups in total. The number of esters is 1. The Morgan fingerprint density at radius 1 is 1.47 bits per heavy atom. The lowest BCUT2D eigenvalue weighted by Crippen LogP contribution is -2.34. The zero-order valence-corrected chi connectivity index (χ0v) is 9.88. The van der Waals surface area contributed by atoms with E-state index in [4.69, 9.17) is 4.74 Å². The van der Waals surface area contributed by atoms with Crippen LogP contribution < -0.4 is 0 Å². The molecular weight excluding hydrogens is 188 g/mol. The lowest BCUT2D eigenvalue weighted by molar-refractivity contribution is -0.142. The van der Waals surface area contributed by atoms with E-state index >= 15 is 0 Å². The average molecular weight is 208 g/mol. The normalized spacial score (nSPS) is 54.5. The van der Waals surface area contributed by atoms with Crippen molar-refractivity contribution in [3.8, 4) is 0 Å². The van der Waals surface area contributed by atoms with Gasteiger partial charge in [0.05, 0.1) is 6.61 Å². The van der Waals surface area contributed by atoms with Gasteiger partial charge in [0.2, 0.25) is 0 Å². The molecule has 84 valence electrons. The van der Waals surface area contributed by atoms with Crippen LogP contribution in [-0.2, 0) is 9.53 Å². The Hall–Kier alpha value is -0.530. The van der Waals surface area contributed by atoms with Gasteiger partial charge in [0.1, 0.15) is 0 Å². The monoisotopic (exact) mass is 208 g/mol. The van der Waals surface area contributed by atoms with E-state index in [2.05, 4.69) is 13.8 Å². The minimum absolute atomic E-state index is 0.139. The van der Waals surface area contributed by atoms with Crippen LogP contribution in [0.25, 0.3) is 0 Å². The van der Waals surface area contributed by atoms with E-state index in [1.165, 1.54) is 19.8 Å². The van der Waals surface area contributed by atoms with Crippen LogP contribution in [-0.4, -0.2) is 12.6 Å². The average Bonchev–Trinajstić information content (AvgIpc) is 2.92. The van der Waals surface area contributed by atoms with Crippen LogP contribution >= 0.6 is 0 Å². The number of hydrogen-bond donors (Lipinski definition) is 0. The minimum Gasteiger partial charge on any atom is -0.466 e. The molecule has 2 nitrogen and oxygen atoms in total. The molecule has 3 unspecified atom stereocenters. The van der Waals surface area contributed by atoms with Crippen LogP contribution in [0.5, 0.6) is 0 Å². The molecule has 15 heavy (non-hydrogen) atoms. The Kier molecular flexibility index (Phi) is 1.67. The predicted octanol–water partition coefficient (Wildman–Crippen LogP) is 2.62. The molecule has 0 aromatic carbocycles. The second-order valence-corrected chi connectivity index (χ2v) is 6.26. The van der Waals surface area contributed by atoms with Gasteiger partial charge in [0, 0.05) is 6.92 Å². The fraction of sp³-hybridized carbons (Fsp3) is 0.923. The summed E-state index contributed by atoms with van der Waals surface area (Å²) in [6.45, 7) is 6.97. The van der Waals surface area contributed by atoms with Crippen molar-refractivity contribution >= 4 is 5.97 Å². The smallest absolute Gasteiger partial charge is 0.302 e. The standard InChI is InChI=1S/C13H20O2/c1-8(14)15-7-6-12(2)5-4-9-10-11(12)13(9,10)3/h9-11H,4-7H2,1-3H3/t9-,10?,11-,12?,13?/m0/s1. The van der Waals surface area contributed by atoms with E-state index in [9.17, 15) is 4.79 Å². The van der Waals surface area contributed by atoms with Crippen LogP contribution in [0.4, 0.5) is 0 Å². The van der Waals surface area contributed by atoms with Crippen molar-refractivity contribution in [3.63, 3.8) is 0 Å². The summed E-state index contributed by atoms with van der Waals surface area (Å²) in [4.78, 5) is 10.7. The Labute approximate surface area is 91.4 Å². The first-order valence-electron chi connectivity index (χ1n) is 6.13. The summed E-state index contributed by atoms with van der Waals surface area (Å²) in [5.74, 6) is 2.90. The molecule has 4 aliphatic carbocycles. The van der Waals surface area contributed by atoms with Crippen LogP contribution in [0.15, 0.2) is 0 Å². The molecular formula is C13H20O2. The van der Waals surface area contributed by atoms with Gasteiger partial charge in [-0.15, -0.1) is 0 Å². The summed E-state index contributed by atoms with van der Waals surface area (Å²) >= 11 is 0. The van der Waals surface area contributed by atoms with Gasteiger partial charge in [-0.3, -0.25) is 4.79 Å². The molecule has 4 saturated carbocycles. The van der Waals surface area contributed by atoms with Gasteiger partial charge < -0.3 is 4.74 Å². The molecule has 2 heteroatoms. The van der Waals surface area contributed by atoms with Crippen molar-refractivity contribution < 1.29 is 9.53 Å². The van der Waals surface area contributed by atoms with Crippen molar-refractivity contribution in [1.29, 1.82) is 0 Å². The van der Waals surface area contributed by atoms with E-state index in [-0.39, 0.29) is 5.97 Å². The second-order valence-electron chi connectivity index (χ2n) is 6.26. The van der Waals surface area contributed by atoms with Gasteiger partial charge in [-0.05, 0) is 47.8 Å². The number of hydrogen-bond acceptors (Lipinski definition) is 2. The quantitative estimate of drug-likeness (QED) is 0.666. The van der Waals surface area contributed by atoms with Gasteiger partial charge in [0.25, 0.3) is 0 Å². The first-order chi connectivity index (χ1) is 7.00. The fourth-order valence-corrected chi connectivity index (χ4v) is 4.60. The van der Waals surface area contributed by atoms with E-state index in [1.54, 1.807) is 0 Å². The van der Waals surface area contributed by atoms with E-state index in [0.717, 1.165) is 24.2 Å². The van der Waals surface area contributed by atoms with Gasteiger partial charge in [-0.2, -0.15) is 0 Å². The van der Waals surface area contributed by atoms with Crippen LogP contribution in [0.2, 0.25) is 0 Å². The summed E-state index contributed by atoms with van der Waals surface area (Å²) in [5.41, 5.74) is 1.17. The molecule has 0 saturated heterocycles. The molecule has 0 spiro atoms. The number of carbonyl (C=O) groups is 1. The molecule has 5 atom stereocenters. The Morgan fingerprint density at radius 2 is 2.13 bits per heavy atom. The van der Waals surface area contributed by atoms with Gasteiger partial charge >= 0.3 is 5.97 Å². The SMILES string of the molecule is CC(=O)OCCC1(C)CC[C@H]2C3[C@@H]1C32C. The third-order valence-electron chi connectivity index (χ3n) is 5.52. The highest BCUT2D eigenvalue weighted by molar-refractivity contribution is 5.65. The molecule has 0 amide bonds. The lowest BCUT2D eigenvalue weighted by Gasteiger charge is -2.41. The Balaban J connectivity index is 1.58. The third kappa shape index (κ3) is 1.08. The van der Waals surface area contributed by atoms with Crippen molar-refractivity contribution in [3.05, 3.63) is 0 Å². The maximum atomic E-state index is 10.7. The Morgan fingerprint density at radius 3 is 2.67 bits per heavy atom. The first kappa shape index (κ1) is 9.68. The summed E-state index contributed by atoms with van der Waals surface area (Å²) in [5, 5.41) is 0. The van der Waals surface area contributed by atoms with Crippen molar-refractivity contribution in [2.75, 3.05) is 6.61 Å². The highest BCUT2D eigenvalue weighted by Crippen LogP contribution is 2.92. The number of carbonyl (C=O) groups excluding carboxylic acids is 1. The second kappa shape index (κ2) is 2.58. The van der Waals surface area contributed by atoms with Gasteiger partial charge in [0.15, 0.2) is 0 Å².